The molecule has 1 saturated carbocycles. The van der Waals surface area contributed by atoms with Gasteiger partial charge in [-0.2, -0.15) is 0 Å². The van der Waals surface area contributed by atoms with Gasteiger partial charge >= 0.3 is 12.1 Å². The number of carbonyl (C=O) groups is 2. The molecule has 6 heteroatoms. The molecule has 2 fully saturated rings. The third-order valence-corrected chi connectivity index (χ3v) is 4.88. The number of piperazine rings is 1. The van der Waals surface area contributed by atoms with Crippen LogP contribution in [0, 0.1) is 0 Å². The molecule has 1 aromatic rings. The first-order chi connectivity index (χ1) is 12.1. The molecular formula is C19H26N2O4. The number of nitrogens with zero attached hydrogens (tertiary/aromatic N) is 2. The van der Waals surface area contributed by atoms with Gasteiger partial charge in [-0.05, 0) is 38.3 Å². The van der Waals surface area contributed by atoms with Crippen molar-refractivity contribution >= 4 is 12.1 Å². The number of benzene rings is 1. The van der Waals surface area contributed by atoms with Gasteiger partial charge < -0.3 is 14.4 Å². The minimum Gasteiger partial charge on any atom is -0.461 e. The topological polar surface area (TPSA) is 59.1 Å². The van der Waals surface area contributed by atoms with Crippen LogP contribution in [-0.4, -0.2) is 60.7 Å². The zero-order valence-electron chi connectivity index (χ0n) is 14.7. The predicted octanol–water partition coefficient (Wildman–Crippen LogP) is 2.43. The maximum Gasteiger partial charge on any atom is 0.410 e. The Morgan fingerprint density at radius 2 is 1.84 bits per heavy atom. The summed E-state index contributed by atoms with van der Waals surface area (Å²) in [4.78, 5) is 28.7. The van der Waals surface area contributed by atoms with Gasteiger partial charge in [-0.1, -0.05) is 30.3 Å². The van der Waals surface area contributed by atoms with E-state index in [1.165, 1.54) is 4.90 Å². The zero-order chi connectivity index (χ0) is 17.6. The minimum atomic E-state index is -0.595. The van der Waals surface area contributed by atoms with Crippen LogP contribution in [0.15, 0.2) is 30.3 Å². The van der Waals surface area contributed by atoms with Crippen molar-refractivity contribution in [2.45, 2.75) is 44.4 Å². The van der Waals surface area contributed by atoms with E-state index in [2.05, 4.69) is 0 Å². The molecule has 2 aliphatic rings. The SMILES string of the molecule is CN1CCN(C(=O)OCc2ccccc2)C(C(=O)OC2CCCC2)C1. The van der Waals surface area contributed by atoms with E-state index in [1.54, 1.807) is 0 Å². The fourth-order valence-electron chi connectivity index (χ4n) is 3.39. The highest BCUT2D eigenvalue weighted by molar-refractivity contribution is 5.82. The van der Waals surface area contributed by atoms with Crippen LogP contribution in [0.4, 0.5) is 4.79 Å². The van der Waals surface area contributed by atoms with Crippen LogP contribution in [-0.2, 0) is 20.9 Å². The second kappa shape index (κ2) is 8.34. The molecule has 3 rings (SSSR count). The van der Waals surface area contributed by atoms with Crippen LogP contribution in [0.5, 0.6) is 0 Å². The molecule has 0 aromatic heterocycles. The molecule has 1 heterocycles. The van der Waals surface area contributed by atoms with Crippen LogP contribution < -0.4 is 0 Å². The summed E-state index contributed by atoms with van der Waals surface area (Å²) < 4.78 is 11.0. The van der Waals surface area contributed by atoms with Crippen LogP contribution >= 0.6 is 0 Å². The molecule has 6 nitrogen and oxygen atoms in total. The molecular weight excluding hydrogens is 320 g/mol. The van der Waals surface area contributed by atoms with E-state index in [9.17, 15) is 9.59 Å². The zero-order valence-corrected chi connectivity index (χ0v) is 14.7. The monoisotopic (exact) mass is 346 g/mol. The van der Waals surface area contributed by atoms with Gasteiger partial charge in [0, 0.05) is 19.6 Å². The van der Waals surface area contributed by atoms with E-state index >= 15 is 0 Å². The molecule has 0 bridgehead atoms. The number of hydrogen-bond donors (Lipinski definition) is 0. The van der Waals surface area contributed by atoms with Crippen molar-refractivity contribution in [3.05, 3.63) is 35.9 Å². The molecule has 0 spiro atoms. The Hall–Kier alpha value is -2.08. The lowest BCUT2D eigenvalue weighted by molar-refractivity contribution is -0.156. The largest absolute Gasteiger partial charge is 0.461 e. The van der Waals surface area contributed by atoms with Crippen LogP contribution in [0.25, 0.3) is 0 Å². The van der Waals surface area contributed by atoms with Crippen LogP contribution in [0.2, 0.25) is 0 Å². The fraction of sp³-hybridized carbons (Fsp3) is 0.579. The first-order valence-corrected chi connectivity index (χ1v) is 9.00. The van der Waals surface area contributed by atoms with Gasteiger partial charge in [0.25, 0.3) is 0 Å². The lowest BCUT2D eigenvalue weighted by Gasteiger charge is -2.38. The molecule has 1 amide bonds. The maximum absolute atomic E-state index is 12.6. The highest BCUT2D eigenvalue weighted by Crippen LogP contribution is 2.23. The second-order valence-corrected chi connectivity index (χ2v) is 6.85. The van der Waals surface area contributed by atoms with E-state index in [4.69, 9.17) is 9.47 Å². The first-order valence-electron chi connectivity index (χ1n) is 9.00. The van der Waals surface area contributed by atoms with Gasteiger partial charge in [0.2, 0.25) is 0 Å². The average molecular weight is 346 g/mol. The maximum atomic E-state index is 12.6. The summed E-state index contributed by atoms with van der Waals surface area (Å²) in [6.07, 6.45) is 3.60. The van der Waals surface area contributed by atoms with Crippen molar-refractivity contribution in [3.8, 4) is 0 Å². The number of carbonyl (C=O) groups excluding carboxylic acids is 2. The van der Waals surface area contributed by atoms with Gasteiger partial charge in [-0.3, -0.25) is 4.90 Å². The van der Waals surface area contributed by atoms with Gasteiger partial charge in [-0.25, -0.2) is 9.59 Å². The Balaban J connectivity index is 1.60. The lowest BCUT2D eigenvalue weighted by Crippen LogP contribution is -2.58. The molecule has 136 valence electrons. The summed E-state index contributed by atoms with van der Waals surface area (Å²) in [5, 5.41) is 0. The molecule has 0 N–H and O–H groups in total. The van der Waals surface area contributed by atoms with E-state index in [-0.39, 0.29) is 18.7 Å². The van der Waals surface area contributed by atoms with E-state index in [0.717, 1.165) is 31.2 Å². The smallest absolute Gasteiger partial charge is 0.410 e. The molecule has 1 unspecified atom stereocenters. The molecule has 0 radical (unpaired) electrons. The van der Waals surface area contributed by atoms with Gasteiger partial charge in [0.1, 0.15) is 18.8 Å². The molecule has 1 saturated heterocycles. The summed E-state index contributed by atoms with van der Waals surface area (Å²) in [6, 6.07) is 8.94. The third kappa shape index (κ3) is 4.72. The first kappa shape index (κ1) is 17.7. The molecule has 1 atom stereocenters. The van der Waals surface area contributed by atoms with Crippen molar-refractivity contribution in [1.29, 1.82) is 0 Å². The number of esters is 1. The predicted molar refractivity (Wildman–Crippen MR) is 93.0 cm³/mol. The van der Waals surface area contributed by atoms with Crippen molar-refractivity contribution < 1.29 is 19.1 Å². The van der Waals surface area contributed by atoms with E-state index < -0.39 is 12.1 Å². The van der Waals surface area contributed by atoms with Crippen LogP contribution in [0.1, 0.15) is 31.2 Å². The molecule has 1 aliphatic carbocycles. The number of rotatable bonds is 4. The Labute approximate surface area is 148 Å². The summed E-state index contributed by atoms with van der Waals surface area (Å²) in [5.74, 6) is -0.310. The Kier molecular flexibility index (Phi) is 5.91. The minimum absolute atomic E-state index is 0.00178. The molecule has 25 heavy (non-hydrogen) atoms. The van der Waals surface area contributed by atoms with Gasteiger partial charge in [0.05, 0.1) is 0 Å². The second-order valence-electron chi connectivity index (χ2n) is 6.85. The van der Waals surface area contributed by atoms with Crippen molar-refractivity contribution in [2.75, 3.05) is 26.7 Å². The Morgan fingerprint density at radius 1 is 1.12 bits per heavy atom. The summed E-state index contributed by atoms with van der Waals surface area (Å²) >= 11 is 0. The van der Waals surface area contributed by atoms with E-state index in [1.807, 2.05) is 42.3 Å². The quantitative estimate of drug-likeness (QED) is 0.784. The van der Waals surface area contributed by atoms with E-state index in [0.29, 0.717) is 19.6 Å². The summed E-state index contributed by atoms with van der Waals surface area (Å²) in [7, 11) is 1.95. The van der Waals surface area contributed by atoms with Crippen LogP contribution in [0.3, 0.4) is 0 Å². The molecule has 1 aliphatic heterocycles. The standard InChI is InChI=1S/C19H26N2O4/c1-20-11-12-21(19(23)24-14-15-7-3-2-4-8-15)17(13-20)18(22)25-16-9-5-6-10-16/h2-4,7-8,16-17H,5-6,9-14H2,1H3. The third-order valence-electron chi connectivity index (χ3n) is 4.88. The number of ether oxygens (including phenoxy) is 2. The van der Waals surface area contributed by atoms with Gasteiger partial charge in [-0.15, -0.1) is 0 Å². The Morgan fingerprint density at radius 3 is 2.56 bits per heavy atom. The fourth-order valence-corrected chi connectivity index (χ4v) is 3.39. The van der Waals surface area contributed by atoms with Crippen molar-refractivity contribution in [2.24, 2.45) is 0 Å². The highest BCUT2D eigenvalue weighted by Gasteiger charge is 2.37. The van der Waals surface area contributed by atoms with Crippen molar-refractivity contribution in [1.82, 2.24) is 9.80 Å². The average Bonchev–Trinajstić information content (AvgIpc) is 3.13. The number of likely N-dealkylation sites (N-methyl/N-ethyl adjacent to an activating group) is 1. The summed E-state index contributed by atoms with van der Waals surface area (Å²) in [6.45, 7) is 1.87. The molecule has 1 aromatic carbocycles. The highest BCUT2D eigenvalue weighted by atomic mass is 16.6. The number of hydrogen-bond acceptors (Lipinski definition) is 5. The lowest BCUT2D eigenvalue weighted by atomic mass is 10.2. The van der Waals surface area contributed by atoms with Crippen molar-refractivity contribution in [3.63, 3.8) is 0 Å². The summed E-state index contributed by atoms with van der Waals surface area (Å²) in [5.41, 5.74) is 0.926. The Bertz CT molecular complexity index is 586. The normalized spacial score (nSPS) is 22.0. The number of amides is 1. The van der Waals surface area contributed by atoms with Gasteiger partial charge in [0.15, 0.2) is 0 Å².